The molecule has 0 saturated heterocycles. The highest BCUT2D eigenvalue weighted by atomic mass is 15.1. The Morgan fingerprint density at radius 1 is 1.12 bits per heavy atom. The average molecular weight is 234 g/mol. The van der Waals surface area contributed by atoms with Crippen molar-refractivity contribution in [3.8, 4) is 0 Å². The van der Waals surface area contributed by atoms with E-state index in [2.05, 4.69) is 50.8 Å². The van der Waals surface area contributed by atoms with Crippen LogP contribution in [0.3, 0.4) is 0 Å². The summed E-state index contributed by atoms with van der Waals surface area (Å²) in [5, 5.41) is 0. The highest BCUT2D eigenvalue weighted by Crippen LogP contribution is 2.18. The number of nitrogens with zero attached hydrogens (tertiary/aromatic N) is 1. The lowest BCUT2D eigenvalue weighted by atomic mass is 9.99. The van der Waals surface area contributed by atoms with Crippen molar-refractivity contribution >= 4 is 0 Å². The number of nitrogens with two attached hydrogens (primary N) is 1. The van der Waals surface area contributed by atoms with Crippen molar-refractivity contribution in [1.82, 2.24) is 4.90 Å². The summed E-state index contributed by atoms with van der Waals surface area (Å²) in [7, 11) is 0. The van der Waals surface area contributed by atoms with Crippen LogP contribution in [0.25, 0.3) is 0 Å². The Morgan fingerprint density at radius 2 is 1.76 bits per heavy atom. The van der Waals surface area contributed by atoms with Crippen LogP contribution in [0.15, 0.2) is 18.2 Å². The molecule has 0 saturated carbocycles. The molecule has 0 aliphatic heterocycles. The SMILES string of the molecule is CCN(CC)CCC(N)c1ccc(C)c(C)c1. The van der Waals surface area contributed by atoms with E-state index in [1.807, 2.05) is 0 Å². The minimum atomic E-state index is 0.162. The predicted octanol–water partition coefficient (Wildman–Crippen LogP) is 3.04. The van der Waals surface area contributed by atoms with Crippen LogP contribution in [-0.2, 0) is 0 Å². The summed E-state index contributed by atoms with van der Waals surface area (Å²) >= 11 is 0. The second-order valence-corrected chi connectivity index (χ2v) is 4.77. The van der Waals surface area contributed by atoms with Crippen LogP contribution >= 0.6 is 0 Å². The monoisotopic (exact) mass is 234 g/mol. The normalized spacial score (nSPS) is 13.1. The Labute approximate surface area is 106 Å². The number of aryl methyl sites for hydroxylation is 2. The second kappa shape index (κ2) is 6.77. The Morgan fingerprint density at radius 3 is 2.29 bits per heavy atom. The molecular weight excluding hydrogens is 208 g/mol. The minimum Gasteiger partial charge on any atom is -0.324 e. The third-order valence-electron chi connectivity index (χ3n) is 3.61. The summed E-state index contributed by atoms with van der Waals surface area (Å²) in [6, 6.07) is 6.72. The molecule has 2 N–H and O–H groups in total. The number of hydrogen-bond donors (Lipinski definition) is 1. The molecule has 0 aliphatic carbocycles. The lowest BCUT2D eigenvalue weighted by Gasteiger charge is -2.21. The summed E-state index contributed by atoms with van der Waals surface area (Å²) in [6.45, 7) is 12.0. The molecule has 17 heavy (non-hydrogen) atoms. The van der Waals surface area contributed by atoms with Crippen molar-refractivity contribution < 1.29 is 0 Å². The molecule has 0 spiro atoms. The van der Waals surface area contributed by atoms with E-state index in [4.69, 9.17) is 5.73 Å². The minimum absolute atomic E-state index is 0.162. The zero-order valence-corrected chi connectivity index (χ0v) is 11.7. The number of benzene rings is 1. The highest BCUT2D eigenvalue weighted by molar-refractivity contribution is 5.31. The van der Waals surface area contributed by atoms with Gasteiger partial charge < -0.3 is 10.6 Å². The molecule has 0 heterocycles. The zero-order chi connectivity index (χ0) is 12.8. The van der Waals surface area contributed by atoms with Crippen LogP contribution < -0.4 is 5.73 Å². The van der Waals surface area contributed by atoms with Gasteiger partial charge in [-0.1, -0.05) is 32.0 Å². The molecule has 0 aromatic heterocycles. The molecule has 1 rings (SSSR count). The van der Waals surface area contributed by atoms with Crippen molar-refractivity contribution in [1.29, 1.82) is 0 Å². The van der Waals surface area contributed by atoms with Gasteiger partial charge in [-0.15, -0.1) is 0 Å². The maximum absolute atomic E-state index is 6.24. The fourth-order valence-electron chi connectivity index (χ4n) is 2.02. The second-order valence-electron chi connectivity index (χ2n) is 4.77. The first-order valence-corrected chi connectivity index (χ1v) is 6.63. The van der Waals surface area contributed by atoms with Gasteiger partial charge in [0.2, 0.25) is 0 Å². The third kappa shape index (κ3) is 4.14. The Kier molecular flexibility index (Phi) is 5.66. The zero-order valence-electron chi connectivity index (χ0n) is 11.7. The highest BCUT2D eigenvalue weighted by Gasteiger charge is 2.08. The molecule has 0 aliphatic rings. The first-order valence-electron chi connectivity index (χ1n) is 6.63. The largest absolute Gasteiger partial charge is 0.324 e. The molecule has 0 radical (unpaired) electrons. The van der Waals surface area contributed by atoms with Crippen LogP contribution in [-0.4, -0.2) is 24.5 Å². The third-order valence-corrected chi connectivity index (χ3v) is 3.61. The van der Waals surface area contributed by atoms with Crippen molar-refractivity contribution in [3.05, 3.63) is 34.9 Å². The standard InChI is InChI=1S/C15H26N2/c1-5-17(6-2)10-9-15(16)14-8-7-12(3)13(4)11-14/h7-8,11,15H,5-6,9-10,16H2,1-4H3. The van der Waals surface area contributed by atoms with E-state index < -0.39 is 0 Å². The molecule has 0 amide bonds. The molecule has 2 nitrogen and oxygen atoms in total. The van der Waals surface area contributed by atoms with Gasteiger partial charge in [0.1, 0.15) is 0 Å². The van der Waals surface area contributed by atoms with Crippen molar-refractivity contribution in [2.45, 2.75) is 40.2 Å². The lowest BCUT2D eigenvalue weighted by molar-refractivity contribution is 0.291. The van der Waals surface area contributed by atoms with Crippen LogP contribution in [0.4, 0.5) is 0 Å². The van der Waals surface area contributed by atoms with Gasteiger partial charge in [-0.2, -0.15) is 0 Å². The predicted molar refractivity (Wildman–Crippen MR) is 75.2 cm³/mol. The van der Waals surface area contributed by atoms with Gasteiger partial charge in [-0.05, 0) is 56.6 Å². The molecule has 1 atom stereocenters. The summed E-state index contributed by atoms with van der Waals surface area (Å²) < 4.78 is 0. The number of rotatable bonds is 6. The molecule has 1 aromatic rings. The molecular formula is C15H26N2. The fraction of sp³-hybridized carbons (Fsp3) is 0.600. The van der Waals surface area contributed by atoms with Gasteiger partial charge in [0.15, 0.2) is 0 Å². The molecule has 1 aromatic carbocycles. The van der Waals surface area contributed by atoms with Crippen LogP contribution in [0, 0.1) is 13.8 Å². The average Bonchev–Trinajstić information content (AvgIpc) is 2.33. The van der Waals surface area contributed by atoms with Crippen LogP contribution in [0.2, 0.25) is 0 Å². The van der Waals surface area contributed by atoms with Crippen LogP contribution in [0.1, 0.15) is 43.0 Å². The van der Waals surface area contributed by atoms with Gasteiger partial charge >= 0.3 is 0 Å². The van der Waals surface area contributed by atoms with E-state index in [0.717, 1.165) is 26.1 Å². The van der Waals surface area contributed by atoms with Crippen LogP contribution in [0.5, 0.6) is 0 Å². The first kappa shape index (κ1) is 14.2. The Balaban J connectivity index is 2.57. The maximum Gasteiger partial charge on any atom is 0.0307 e. The van der Waals surface area contributed by atoms with E-state index in [0.29, 0.717) is 0 Å². The van der Waals surface area contributed by atoms with E-state index in [-0.39, 0.29) is 6.04 Å². The molecule has 0 bridgehead atoms. The Bertz CT molecular complexity index is 343. The number of hydrogen-bond acceptors (Lipinski definition) is 2. The topological polar surface area (TPSA) is 29.3 Å². The van der Waals surface area contributed by atoms with Crippen molar-refractivity contribution in [2.24, 2.45) is 5.73 Å². The van der Waals surface area contributed by atoms with Crippen molar-refractivity contribution in [2.75, 3.05) is 19.6 Å². The molecule has 96 valence electrons. The maximum atomic E-state index is 6.24. The van der Waals surface area contributed by atoms with Gasteiger partial charge in [0.25, 0.3) is 0 Å². The van der Waals surface area contributed by atoms with Gasteiger partial charge in [-0.25, -0.2) is 0 Å². The Hall–Kier alpha value is -0.860. The van der Waals surface area contributed by atoms with E-state index >= 15 is 0 Å². The van der Waals surface area contributed by atoms with E-state index in [1.54, 1.807) is 0 Å². The van der Waals surface area contributed by atoms with Crippen molar-refractivity contribution in [3.63, 3.8) is 0 Å². The van der Waals surface area contributed by atoms with Gasteiger partial charge in [0, 0.05) is 6.04 Å². The van der Waals surface area contributed by atoms with E-state index in [9.17, 15) is 0 Å². The smallest absolute Gasteiger partial charge is 0.0307 e. The van der Waals surface area contributed by atoms with Gasteiger partial charge in [-0.3, -0.25) is 0 Å². The quantitative estimate of drug-likeness (QED) is 0.819. The molecule has 0 fully saturated rings. The molecule has 2 heteroatoms. The van der Waals surface area contributed by atoms with E-state index in [1.165, 1.54) is 16.7 Å². The fourth-order valence-corrected chi connectivity index (χ4v) is 2.02. The summed E-state index contributed by atoms with van der Waals surface area (Å²) in [4.78, 5) is 2.42. The first-order chi connectivity index (χ1) is 8.08. The molecule has 1 unspecified atom stereocenters. The lowest BCUT2D eigenvalue weighted by Crippen LogP contribution is -2.27. The summed E-state index contributed by atoms with van der Waals surface area (Å²) in [5.74, 6) is 0. The van der Waals surface area contributed by atoms with Gasteiger partial charge in [0.05, 0.1) is 0 Å². The summed E-state index contributed by atoms with van der Waals surface area (Å²) in [5.41, 5.74) is 10.2. The summed E-state index contributed by atoms with van der Waals surface area (Å²) in [6.07, 6.45) is 1.03.